The first-order valence-corrected chi connectivity index (χ1v) is 5.16. The van der Waals surface area contributed by atoms with Crippen LogP contribution < -0.4 is 5.73 Å². The van der Waals surface area contributed by atoms with Crippen LogP contribution in [0.1, 0.15) is 17.1 Å². The molecule has 0 saturated heterocycles. The van der Waals surface area contributed by atoms with Gasteiger partial charge < -0.3 is 10.3 Å². The van der Waals surface area contributed by atoms with E-state index >= 15 is 0 Å². The number of aryl methyl sites for hydroxylation is 1. The van der Waals surface area contributed by atoms with Crippen molar-refractivity contribution < 1.29 is 13.2 Å². The normalized spacial score (nSPS) is 11.8. The summed E-state index contributed by atoms with van der Waals surface area (Å²) in [7, 11) is 1.76. The summed E-state index contributed by atoms with van der Waals surface area (Å²) in [6, 6.07) is 1.81. The molecule has 2 rings (SSSR count). The molecule has 2 heterocycles. The van der Waals surface area contributed by atoms with E-state index in [-0.39, 0.29) is 17.9 Å². The van der Waals surface area contributed by atoms with Gasteiger partial charge in [0.05, 0.1) is 11.3 Å². The average Bonchev–Trinajstić information content (AvgIpc) is 2.62. The molecule has 7 heteroatoms. The number of hydrogen-bond acceptors (Lipinski definition) is 3. The molecule has 96 valence electrons. The summed E-state index contributed by atoms with van der Waals surface area (Å²) in [6.45, 7) is 0. The van der Waals surface area contributed by atoms with Crippen molar-refractivity contribution >= 4 is 5.82 Å². The number of anilines is 1. The SMILES string of the molecule is Cn1ccnc1Cc1cc(C(F)(F)F)cc(N)n1. The van der Waals surface area contributed by atoms with Gasteiger partial charge in [0.25, 0.3) is 0 Å². The van der Waals surface area contributed by atoms with Gasteiger partial charge in [-0.3, -0.25) is 0 Å². The van der Waals surface area contributed by atoms with Crippen LogP contribution >= 0.6 is 0 Å². The predicted octanol–water partition coefficient (Wildman–Crippen LogP) is 2.01. The molecule has 0 amide bonds. The summed E-state index contributed by atoms with van der Waals surface area (Å²) in [5.41, 5.74) is 4.84. The second-order valence-corrected chi connectivity index (χ2v) is 3.90. The first-order chi connectivity index (χ1) is 8.36. The van der Waals surface area contributed by atoms with E-state index in [2.05, 4.69) is 9.97 Å². The fourth-order valence-electron chi connectivity index (χ4n) is 1.59. The van der Waals surface area contributed by atoms with Gasteiger partial charge in [-0.05, 0) is 12.1 Å². The number of aromatic nitrogens is 3. The minimum Gasteiger partial charge on any atom is -0.384 e. The molecular weight excluding hydrogens is 245 g/mol. The Bertz CT molecular complexity index is 560. The number of alkyl halides is 3. The van der Waals surface area contributed by atoms with Crippen LogP contribution in [-0.2, 0) is 19.6 Å². The van der Waals surface area contributed by atoms with Crippen LogP contribution in [0.5, 0.6) is 0 Å². The van der Waals surface area contributed by atoms with Crippen LogP contribution in [0.2, 0.25) is 0 Å². The van der Waals surface area contributed by atoms with Gasteiger partial charge in [0.15, 0.2) is 0 Å². The molecule has 2 N–H and O–H groups in total. The van der Waals surface area contributed by atoms with Gasteiger partial charge in [0.1, 0.15) is 11.6 Å². The molecule has 0 atom stereocenters. The Hall–Kier alpha value is -2.05. The van der Waals surface area contributed by atoms with E-state index in [0.29, 0.717) is 5.82 Å². The summed E-state index contributed by atoms with van der Waals surface area (Å²) >= 11 is 0. The van der Waals surface area contributed by atoms with Crippen LogP contribution in [0.15, 0.2) is 24.5 Å². The number of pyridine rings is 1. The van der Waals surface area contributed by atoms with E-state index in [0.717, 1.165) is 12.1 Å². The molecule has 0 bridgehead atoms. The third-order valence-corrected chi connectivity index (χ3v) is 2.49. The van der Waals surface area contributed by atoms with Crippen LogP contribution in [0, 0.1) is 0 Å². The minimum atomic E-state index is -4.42. The summed E-state index contributed by atoms with van der Waals surface area (Å²) in [5.74, 6) is 0.482. The van der Waals surface area contributed by atoms with Crippen molar-refractivity contribution in [2.24, 2.45) is 7.05 Å². The van der Waals surface area contributed by atoms with Crippen LogP contribution in [0.25, 0.3) is 0 Å². The van der Waals surface area contributed by atoms with E-state index in [1.165, 1.54) is 0 Å². The van der Waals surface area contributed by atoms with Crippen molar-refractivity contribution in [1.29, 1.82) is 0 Å². The van der Waals surface area contributed by atoms with E-state index in [9.17, 15) is 13.2 Å². The highest BCUT2D eigenvalue weighted by atomic mass is 19.4. The quantitative estimate of drug-likeness (QED) is 0.894. The predicted molar refractivity (Wildman–Crippen MR) is 59.7 cm³/mol. The van der Waals surface area contributed by atoms with Crippen molar-refractivity contribution in [3.05, 3.63) is 41.6 Å². The number of halogens is 3. The lowest BCUT2D eigenvalue weighted by atomic mass is 10.1. The maximum Gasteiger partial charge on any atom is 0.416 e. The van der Waals surface area contributed by atoms with Crippen molar-refractivity contribution in [2.45, 2.75) is 12.6 Å². The van der Waals surface area contributed by atoms with E-state index in [1.54, 1.807) is 24.0 Å². The Morgan fingerprint density at radius 2 is 2.06 bits per heavy atom. The summed E-state index contributed by atoms with van der Waals surface area (Å²) in [5, 5.41) is 0. The zero-order valence-corrected chi connectivity index (χ0v) is 9.57. The number of nitrogens with two attached hydrogens (primary N) is 1. The molecular formula is C11H11F3N4. The van der Waals surface area contributed by atoms with Gasteiger partial charge in [0.2, 0.25) is 0 Å². The number of nitrogen functional groups attached to an aromatic ring is 1. The molecule has 0 aliphatic heterocycles. The van der Waals surface area contributed by atoms with Gasteiger partial charge in [-0.1, -0.05) is 0 Å². The fourth-order valence-corrected chi connectivity index (χ4v) is 1.59. The van der Waals surface area contributed by atoms with Gasteiger partial charge in [-0.25, -0.2) is 9.97 Å². The lowest BCUT2D eigenvalue weighted by molar-refractivity contribution is -0.137. The Balaban J connectivity index is 2.35. The molecule has 4 nitrogen and oxygen atoms in total. The molecule has 0 spiro atoms. The maximum absolute atomic E-state index is 12.6. The standard InChI is InChI=1S/C11H11F3N4/c1-18-3-2-16-10(18)6-8-4-7(11(12,13)14)5-9(15)17-8/h2-5H,6H2,1H3,(H2,15,17). The molecule has 0 saturated carbocycles. The third kappa shape index (κ3) is 2.61. The summed E-state index contributed by atoms with van der Waals surface area (Å²) in [6.07, 6.45) is -0.927. The molecule has 2 aromatic heterocycles. The molecule has 2 aromatic rings. The van der Waals surface area contributed by atoms with Gasteiger partial charge in [-0.15, -0.1) is 0 Å². The first kappa shape index (κ1) is 12.4. The molecule has 0 radical (unpaired) electrons. The van der Waals surface area contributed by atoms with Gasteiger partial charge in [0, 0.05) is 25.9 Å². The van der Waals surface area contributed by atoms with Crippen LogP contribution in [0.4, 0.5) is 19.0 Å². The number of hydrogen-bond donors (Lipinski definition) is 1. The van der Waals surface area contributed by atoms with Crippen molar-refractivity contribution in [2.75, 3.05) is 5.73 Å². The highest BCUT2D eigenvalue weighted by Crippen LogP contribution is 2.30. The third-order valence-electron chi connectivity index (χ3n) is 2.49. The second kappa shape index (κ2) is 4.32. The lowest BCUT2D eigenvalue weighted by Gasteiger charge is -2.09. The number of rotatable bonds is 2. The highest BCUT2D eigenvalue weighted by Gasteiger charge is 2.31. The highest BCUT2D eigenvalue weighted by molar-refractivity contribution is 5.37. The molecule has 0 aromatic carbocycles. The van der Waals surface area contributed by atoms with Crippen molar-refractivity contribution in [1.82, 2.24) is 14.5 Å². The maximum atomic E-state index is 12.6. The minimum absolute atomic E-state index is 0.144. The lowest BCUT2D eigenvalue weighted by Crippen LogP contribution is -2.09. The largest absolute Gasteiger partial charge is 0.416 e. The van der Waals surface area contributed by atoms with Gasteiger partial charge >= 0.3 is 6.18 Å². The molecule has 0 aliphatic rings. The molecule has 18 heavy (non-hydrogen) atoms. The Morgan fingerprint density at radius 3 is 2.61 bits per heavy atom. The number of imidazole rings is 1. The molecule has 0 fully saturated rings. The summed E-state index contributed by atoms with van der Waals surface area (Å²) < 4.78 is 39.5. The zero-order valence-electron chi connectivity index (χ0n) is 9.57. The van der Waals surface area contributed by atoms with E-state index in [1.807, 2.05) is 0 Å². The Morgan fingerprint density at radius 1 is 1.33 bits per heavy atom. The fraction of sp³-hybridized carbons (Fsp3) is 0.273. The van der Waals surface area contributed by atoms with Crippen molar-refractivity contribution in [3.63, 3.8) is 0 Å². The Kier molecular flexibility index (Phi) is 2.98. The van der Waals surface area contributed by atoms with Gasteiger partial charge in [-0.2, -0.15) is 13.2 Å². The number of nitrogens with zero attached hydrogens (tertiary/aromatic N) is 3. The summed E-state index contributed by atoms with van der Waals surface area (Å²) in [4.78, 5) is 7.92. The topological polar surface area (TPSA) is 56.7 Å². The Labute approximate surface area is 101 Å². The molecule has 0 unspecified atom stereocenters. The molecule has 0 aliphatic carbocycles. The zero-order chi connectivity index (χ0) is 13.3. The van der Waals surface area contributed by atoms with E-state index in [4.69, 9.17) is 5.73 Å². The first-order valence-electron chi connectivity index (χ1n) is 5.16. The van der Waals surface area contributed by atoms with Crippen molar-refractivity contribution in [3.8, 4) is 0 Å². The van der Waals surface area contributed by atoms with E-state index < -0.39 is 11.7 Å². The van der Waals surface area contributed by atoms with Crippen LogP contribution in [0.3, 0.4) is 0 Å². The monoisotopic (exact) mass is 256 g/mol. The average molecular weight is 256 g/mol. The second-order valence-electron chi connectivity index (χ2n) is 3.90. The smallest absolute Gasteiger partial charge is 0.384 e. The van der Waals surface area contributed by atoms with Crippen LogP contribution in [-0.4, -0.2) is 14.5 Å².